The molecule has 0 bridgehead atoms. The van der Waals surface area contributed by atoms with Crippen molar-refractivity contribution in [3.05, 3.63) is 59.2 Å². The summed E-state index contributed by atoms with van der Waals surface area (Å²) in [6.45, 7) is 12.8. The summed E-state index contributed by atoms with van der Waals surface area (Å²) in [6.07, 6.45) is 5.22. The fourth-order valence-electron chi connectivity index (χ4n) is 4.19. The van der Waals surface area contributed by atoms with Crippen LogP contribution in [0.15, 0.2) is 42.5 Å². The Bertz CT molecular complexity index is 764. The molecule has 0 saturated heterocycles. The van der Waals surface area contributed by atoms with Crippen molar-refractivity contribution >= 4 is 0 Å². The van der Waals surface area contributed by atoms with Crippen molar-refractivity contribution in [2.24, 2.45) is 17.3 Å². The van der Waals surface area contributed by atoms with E-state index in [1.807, 2.05) is 24.3 Å². The minimum Gasteiger partial charge on any atom is -0.493 e. The van der Waals surface area contributed by atoms with Crippen molar-refractivity contribution in [1.82, 2.24) is 0 Å². The fourth-order valence-corrected chi connectivity index (χ4v) is 4.19. The molecular weight excluding hydrogens is 344 g/mol. The largest absolute Gasteiger partial charge is 0.493 e. The topological polar surface area (TPSA) is 18.5 Å². The molecule has 2 heteroatoms. The van der Waals surface area contributed by atoms with Gasteiger partial charge in [-0.05, 0) is 85.6 Å². The molecule has 2 aromatic carbocycles. The average molecular weight is 381 g/mol. The van der Waals surface area contributed by atoms with E-state index in [9.17, 15) is 0 Å². The third kappa shape index (κ3) is 5.53. The van der Waals surface area contributed by atoms with E-state index in [2.05, 4.69) is 52.8 Å². The number of aryl methyl sites for hydroxylation is 1. The molecule has 28 heavy (non-hydrogen) atoms. The summed E-state index contributed by atoms with van der Waals surface area (Å²) in [5, 5.41) is 0. The molecule has 1 fully saturated rings. The molecule has 0 aliphatic heterocycles. The van der Waals surface area contributed by atoms with Crippen LogP contribution in [0.4, 0.5) is 0 Å². The Kier molecular flexibility index (Phi) is 6.69. The predicted octanol–water partition coefficient (Wildman–Crippen LogP) is 7.11. The van der Waals surface area contributed by atoms with Crippen LogP contribution in [-0.2, 0) is 6.61 Å². The smallest absolute Gasteiger partial charge is 0.123 e. The first-order valence-electron chi connectivity index (χ1n) is 10.7. The molecule has 0 amide bonds. The highest BCUT2D eigenvalue weighted by Crippen LogP contribution is 2.40. The summed E-state index contributed by atoms with van der Waals surface area (Å²) in [6, 6.07) is 14.4. The van der Waals surface area contributed by atoms with Crippen LogP contribution >= 0.6 is 0 Å². The van der Waals surface area contributed by atoms with Crippen LogP contribution in [0, 0.1) is 31.1 Å². The van der Waals surface area contributed by atoms with Crippen molar-refractivity contribution in [3.8, 4) is 11.5 Å². The van der Waals surface area contributed by atoms with Crippen LogP contribution in [0.5, 0.6) is 11.5 Å². The van der Waals surface area contributed by atoms with Crippen molar-refractivity contribution in [1.29, 1.82) is 0 Å². The van der Waals surface area contributed by atoms with Gasteiger partial charge in [0.05, 0.1) is 6.61 Å². The Morgan fingerprint density at radius 1 is 0.857 bits per heavy atom. The molecule has 1 aliphatic carbocycles. The van der Waals surface area contributed by atoms with Gasteiger partial charge in [-0.3, -0.25) is 0 Å². The summed E-state index contributed by atoms with van der Waals surface area (Å²) in [4.78, 5) is 0. The minimum absolute atomic E-state index is 0.438. The van der Waals surface area contributed by atoms with Crippen LogP contribution in [0.3, 0.4) is 0 Å². The molecule has 0 unspecified atom stereocenters. The third-order valence-corrected chi connectivity index (χ3v) is 6.47. The maximum Gasteiger partial charge on any atom is 0.123 e. The second kappa shape index (κ2) is 9.03. The van der Waals surface area contributed by atoms with Gasteiger partial charge >= 0.3 is 0 Å². The summed E-state index contributed by atoms with van der Waals surface area (Å²) in [5.41, 5.74) is 4.29. The molecule has 2 aromatic rings. The highest BCUT2D eigenvalue weighted by molar-refractivity contribution is 5.35. The molecule has 0 atom stereocenters. The highest BCUT2D eigenvalue weighted by Gasteiger charge is 2.29. The summed E-state index contributed by atoms with van der Waals surface area (Å²) in [5.74, 6) is 3.31. The monoisotopic (exact) mass is 380 g/mol. The number of hydrogen-bond acceptors (Lipinski definition) is 2. The van der Waals surface area contributed by atoms with E-state index in [0.717, 1.165) is 24.0 Å². The predicted molar refractivity (Wildman–Crippen MR) is 117 cm³/mol. The van der Waals surface area contributed by atoms with Gasteiger partial charge in [-0.2, -0.15) is 0 Å². The van der Waals surface area contributed by atoms with Crippen LogP contribution in [0.25, 0.3) is 0 Å². The Morgan fingerprint density at radius 3 is 2.18 bits per heavy atom. The van der Waals surface area contributed by atoms with Crippen molar-refractivity contribution in [2.75, 3.05) is 6.61 Å². The lowest BCUT2D eigenvalue weighted by molar-refractivity contribution is 0.122. The number of rotatable bonds is 6. The van der Waals surface area contributed by atoms with Crippen molar-refractivity contribution < 1.29 is 9.47 Å². The van der Waals surface area contributed by atoms with Crippen molar-refractivity contribution in [2.45, 2.75) is 66.9 Å². The lowest BCUT2D eigenvalue weighted by atomic mass is 9.70. The zero-order valence-corrected chi connectivity index (χ0v) is 18.3. The molecule has 0 radical (unpaired) electrons. The summed E-state index contributed by atoms with van der Waals surface area (Å²) in [7, 11) is 0. The van der Waals surface area contributed by atoms with Gasteiger partial charge in [0.1, 0.15) is 18.1 Å². The van der Waals surface area contributed by atoms with Gasteiger partial charge < -0.3 is 9.47 Å². The van der Waals surface area contributed by atoms with Gasteiger partial charge in [0.15, 0.2) is 0 Å². The van der Waals surface area contributed by atoms with Gasteiger partial charge in [0.25, 0.3) is 0 Å². The van der Waals surface area contributed by atoms with Gasteiger partial charge in [-0.25, -0.2) is 0 Å². The van der Waals surface area contributed by atoms with Crippen LogP contribution in [0.1, 0.15) is 63.1 Å². The van der Waals surface area contributed by atoms with Crippen LogP contribution in [-0.4, -0.2) is 6.61 Å². The minimum atomic E-state index is 0.438. The van der Waals surface area contributed by atoms with E-state index in [1.165, 1.54) is 42.4 Å². The second-order valence-electron chi connectivity index (χ2n) is 9.52. The van der Waals surface area contributed by atoms with E-state index >= 15 is 0 Å². The van der Waals surface area contributed by atoms with E-state index in [-0.39, 0.29) is 0 Å². The molecule has 0 N–H and O–H groups in total. The lowest BCUT2D eigenvalue weighted by Crippen LogP contribution is -2.27. The summed E-state index contributed by atoms with van der Waals surface area (Å²) < 4.78 is 12.2. The molecule has 152 valence electrons. The van der Waals surface area contributed by atoms with Crippen LogP contribution in [0.2, 0.25) is 0 Å². The quantitative estimate of drug-likeness (QED) is 0.531. The Balaban J connectivity index is 1.49. The standard InChI is InChI=1S/C26H36O2/c1-19-8-6-9-22(20(19)2)18-28-25-11-7-10-24(16-25)27-17-21-12-14-23(15-13-21)26(3,4)5/h6-11,16,21,23H,12-15,17-18H2,1-5H3. The Morgan fingerprint density at radius 2 is 1.50 bits per heavy atom. The molecule has 0 heterocycles. The maximum absolute atomic E-state index is 6.12. The normalized spacial score (nSPS) is 20.0. The molecular formula is C26H36O2. The zero-order valence-electron chi connectivity index (χ0n) is 18.3. The first-order chi connectivity index (χ1) is 13.3. The molecule has 2 nitrogen and oxygen atoms in total. The van der Waals surface area contributed by atoms with Gasteiger partial charge in [0.2, 0.25) is 0 Å². The number of ether oxygens (including phenoxy) is 2. The average Bonchev–Trinajstić information content (AvgIpc) is 2.67. The van der Waals surface area contributed by atoms with E-state index in [0.29, 0.717) is 17.9 Å². The fraction of sp³-hybridized carbons (Fsp3) is 0.538. The van der Waals surface area contributed by atoms with E-state index in [4.69, 9.17) is 9.47 Å². The highest BCUT2D eigenvalue weighted by atomic mass is 16.5. The second-order valence-corrected chi connectivity index (χ2v) is 9.52. The third-order valence-electron chi connectivity index (χ3n) is 6.47. The van der Waals surface area contributed by atoms with Crippen LogP contribution < -0.4 is 9.47 Å². The first kappa shape index (κ1) is 20.8. The summed E-state index contributed by atoms with van der Waals surface area (Å²) >= 11 is 0. The van der Waals surface area contributed by atoms with Gasteiger partial charge in [0, 0.05) is 6.07 Å². The Hall–Kier alpha value is -1.96. The first-order valence-corrected chi connectivity index (χ1v) is 10.7. The number of benzene rings is 2. The van der Waals surface area contributed by atoms with E-state index in [1.54, 1.807) is 0 Å². The number of hydrogen-bond donors (Lipinski definition) is 0. The molecule has 1 saturated carbocycles. The molecule has 1 aliphatic rings. The Labute approximate surface area is 171 Å². The van der Waals surface area contributed by atoms with E-state index < -0.39 is 0 Å². The molecule has 3 rings (SSSR count). The zero-order chi connectivity index (χ0) is 20.1. The van der Waals surface area contributed by atoms with Crippen molar-refractivity contribution in [3.63, 3.8) is 0 Å². The molecule has 0 spiro atoms. The maximum atomic E-state index is 6.12. The molecule has 0 aromatic heterocycles. The SMILES string of the molecule is Cc1cccc(COc2cccc(OCC3CCC(C(C)(C)C)CC3)c2)c1C. The van der Waals surface area contributed by atoms with Gasteiger partial charge in [-0.15, -0.1) is 0 Å². The lowest BCUT2D eigenvalue weighted by Gasteiger charge is -2.36. The van der Waals surface area contributed by atoms with Gasteiger partial charge in [-0.1, -0.05) is 45.0 Å².